The Hall–Kier alpha value is -2.69. The Morgan fingerprint density at radius 1 is 0.964 bits per heavy atom. The number of rotatable bonds is 3. The van der Waals surface area contributed by atoms with E-state index in [1.807, 2.05) is 23.1 Å². The molecule has 0 unspecified atom stereocenters. The SMILES string of the molecule is O=C(/C=C/c1cccc(N2C(=O)[C@@H]3[C@H](C2=O)[C@@H]2C=C[C@H]3C2)c1)N1CCCCC1. The van der Waals surface area contributed by atoms with Gasteiger partial charge in [0, 0.05) is 19.2 Å². The molecule has 5 rings (SSSR count). The first-order valence-electron chi connectivity index (χ1n) is 10.3. The number of likely N-dealkylation sites (tertiary alicyclic amines) is 1. The molecule has 5 heteroatoms. The number of benzene rings is 1. The van der Waals surface area contributed by atoms with Crippen LogP contribution >= 0.6 is 0 Å². The second-order valence-corrected chi connectivity index (χ2v) is 8.33. The van der Waals surface area contributed by atoms with Crippen molar-refractivity contribution >= 4 is 29.5 Å². The van der Waals surface area contributed by atoms with E-state index in [4.69, 9.17) is 0 Å². The molecule has 144 valence electrons. The molecule has 2 aliphatic heterocycles. The number of nitrogens with zero attached hydrogens (tertiary/aromatic N) is 2. The fraction of sp³-hybridized carbons (Fsp3) is 0.435. The van der Waals surface area contributed by atoms with Crippen LogP contribution in [0.5, 0.6) is 0 Å². The lowest BCUT2D eigenvalue weighted by Gasteiger charge is -2.25. The van der Waals surface area contributed by atoms with Gasteiger partial charge in [0.1, 0.15) is 0 Å². The molecule has 5 nitrogen and oxygen atoms in total. The van der Waals surface area contributed by atoms with Gasteiger partial charge in [0.2, 0.25) is 17.7 Å². The minimum Gasteiger partial charge on any atom is -0.339 e. The van der Waals surface area contributed by atoms with Gasteiger partial charge in [-0.3, -0.25) is 14.4 Å². The lowest BCUT2D eigenvalue weighted by Crippen LogP contribution is -2.34. The van der Waals surface area contributed by atoms with Crippen LogP contribution in [-0.4, -0.2) is 35.7 Å². The van der Waals surface area contributed by atoms with Gasteiger partial charge in [-0.1, -0.05) is 24.3 Å². The average molecular weight is 376 g/mol. The van der Waals surface area contributed by atoms with E-state index in [9.17, 15) is 14.4 Å². The smallest absolute Gasteiger partial charge is 0.246 e. The monoisotopic (exact) mass is 376 g/mol. The van der Waals surface area contributed by atoms with Gasteiger partial charge < -0.3 is 4.90 Å². The zero-order valence-electron chi connectivity index (χ0n) is 15.8. The summed E-state index contributed by atoms with van der Waals surface area (Å²) in [6.07, 6.45) is 11.8. The van der Waals surface area contributed by atoms with Crippen LogP contribution in [0, 0.1) is 23.7 Å². The maximum atomic E-state index is 13.0. The number of carbonyl (C=O) groups is 3. The summed E-state index contributed by atoms with van der Waals surface area (Å²) in [5, 5.41) is 0. The van der Waals surface area contributed by atoms with Gasteiger partial charge in [-0.2, -0.15) is 0 Å². The van der Waals surface area contributed by atoms with E-state index in [0.29, 0.717) is 5.69 Å². The van der Waals surface area contributed by atoms with Gasteiger partial charge in [0.15, 0.2) is 0 Å². The molecule has 0 N–H and O–H groups in total. The van der Waals surface area contributed by atoms with Crippen LogP contribution in [0.1, 0.15) is 31.2 Å². The van der Waals surface area contributed by atoms with Crippen LogP contribution in [0.4, 0.5) is 5.69 Å². The highest BCUT2D eigenvalue weighted by Gasteiger charge is 2.59. The molecule has 3 fully saturated rings. The van der Waals surface area contributed by atoms with Crippen molar-refractivity contribution in [3.8, 4) is 0 Å². The fourth-order valence-corrected chi connectivity index (χ4v) is 5.31. The molecular weight excluding hydrogens is 352 g/mol. The number of carbonyl (C=O) groups excluding carboxylic acids is 3. The second-order valence-electron chi connectivity index (χ2n) is 8.33. The number of hydrogen-bond donors (Lipinski definition) is 0. The number of anilines is 1. The van der Waals surface area contributed by atoms with E-state index in [-0.39, 0.29) is 41.4 Å². The molecule has 2 aliphatic carbocycles. The van der Waals surface area contributed by atoms with Crippen molar-refractivity contribution in [3.63, 3.8) is 0 Å². The molecule has 1 saturated carbocycles. The molecule has 1 aromatic rings. The molecule has 4 aliphatic rings. The first-order chi connectivity index (χ1) is 13.6. The zero-order valence-corrected chi connectivity index (χ0v) is 15.8. The van der Waals surface area contributed by atoms with Crippen molar-refractivity contribution in [2.45, 2.75) is 25.7 Å². The van der Waals surface area contributed by atoms with Crippen LogP contribution in [0.25, 0.3) is 6.08 Å². The molecule has 0 aromatic heterocycles. The van der Waals surface area contributed by atoms with Crippen LogP contribution in [0.15, 0.2) is 42.5 Å². The predicted octanol–water partition coefficient (Wildman–Crippen LogP) is 3.02. The summed E-state index contributed by atoms with van der Waals surface area (Å²) in [4.78, 5) is 41.5. The Kier molecular flexibility index (Phi) is 4.18. The summed E-state index contributed by atoms with van der Waals surface area (Å²) in [5.74, 6) is -0.0847. The Labute approximate surface area is 164 Å². The summed E-state index contributed by atoms with van der Waals surface area (Å²) in [6.45, 7) is 1.64. The summed E-state index contributed by atoms with van der Waals surface area (Å²) in [7, 11) is 0. The van der Waals surface area contributed by atoms with Crippen molar-refractivity contribution < 1.29 is 14.4 Å². The number of allylic oxidation sites excluding steroid dienone is 2. The van der Waals surface area contributed by atoms with Crippen molar-refractivity contribution in [1.82, 2.24) is 4.90 Å². The Balaban J connectivity index is 1.35. The fourth-order valence-electron chi connectivity index (χ4n) is 5.31. The molecular formula is C23H24N2O3. The molecule has 1 aromatic carbocycles. The Bertz CT molecular complexity index is 867. The van der Waals surface area contributed by atoms with Crippen molar-refractivity contribution in [2.75, 3.05) is 18.0 Å². The molecule has 28 heavy (non-hydrogen) atoms. The van der Waals surface area contributed by atoms with E-state index < -0.39 is 0 Å². The maximum absolute atomic E-state index is 13.0. The summed E-state index contributed by atoms with van der Waals surface area (Å²) in [5.41, 5.74) is 1.43. The lowest BCUT2D eigenvalue weighted by molar-refractivity contribution is -0.127. The molecule has 2 saturated heterocycles. The third-order valence-corrected chi connectivity index (χ3v) is 6.68. The highest BCUT2D eigenvalue weighted by molar-refractivity contribution is 6.22. The van der Waals surface area contributed by atoms with Crippen molar-refractivity contribution in [3.05, 3.63) is 48.1 Å². The number of imide groups is 1. The normalized spacial score (nSPS) is 31.3. The van der Waals surface area contributed by atoms with Crippen LogP contribution in [0.2, 0.25) is 0 Å². The van der Waals surface area contributed by atoms with E-state index in [1.165, 1.54) is 11.3 Å². The van der Waals surface area contributed by atoms with Gasteiger partial charge >= 0.3 is 0 Å². The number of fused-ring (bicyclic) bond motifs is 5. The first-order valence-corrected chi connectivity index (χ1v) is 10.3. The molecule has 4 atom stereocenters. The number of hydrogen-bond acceptors (Lipinski definition) is 3. The minimum atomic E-state index is -0.192. The standard InChI is InChI=1S/C23H24N2O3/c26-19(24-11-2-1-3-12-24)10-7-15-5-4-6-18(13-15)25-22(27)20-16-8-9-17(14-16)21(20)23(25)28/h4-10,13,16-17,20-21H,1-3,11-12,14H2/b10-7+/t16-,17+,20-,21+. The molecule has 0 spiro atoms. The summed E-state index contributed by atoms with van der Waals surface area (Å²) in [6, 6.07) is 7.35. The topological polar surface area (TPSA) is 57.7 Å². The van der Waals surface area contributed by atoms with Crippen molar-refractivity contribution in [2.24, 2.45) is 23.7 Å². The van der Waals surface area contributed by atoms with Gasteiger partial charge in [-0.05, 0) is 61.3 Å². The molecule has 2 heterocycles. The van der Waals surface area contributed by atoms with Gasteiger partial charge in [-0.25, -0.2) is 4.90 Å². The maximum Gasteiger partial charge on any atom is 0.246 e. The molecule has 0 radical (unpaired) electrons. The van der Waals surface area contributed by atoms with Crippen LogP contribution in [0.3, 0.4) is 0 Å². The van der Waals surface area contributed by atoms with E-state index in [1.54, 1.807) is 18.2 Å². The minimum absolute atomic E-state index is 0.0237. The van der Waals surface area contributed by atoms with E-state index in [2.05, 4.69) is 12.2 Å². The predicted molar refractivity (Wildman–Crippen MR) is 106 cm³/mol. The quantitative estimate of drug-likeness (QED) is 0.463. The average Bonchev–Trinajstić information content (AvgIpc) is 3.41. The van der Waals surface area contributed by atoms with Crippen LogP contribution < -0.4 is 4.90 Å². The van der Waals surface area contributed by atoms with Gasteiger partial charge in [0.25, 0.3) is 0 Å². The Morgan fingerprint density at radius 2 is 1.64 bits per heavy atom. The van der Waals surface area contributed by atoms with Gasteiger partial charge in [-0.15, -0.1) is 0 Å². The largest absolute Gasteiger partial charge is 0.339 e. The zero-order chi connectivity index (χ0) is 19.3. The van der Waals surface area contributed by atoms with E-state index >= 15 is 0 Å². The third kappa shape index (κ3) is 2.72. The Morgan fingerprint density at radius 3 is 2.32 bits per heavy atom. The van der Waals surface area contributed by atoms with Gasteiger partial charge in [0.05, 0.1) is 17.5 Å². The summed E-state index contributed by atoms with van der Waals surface area (Å²) >= 11 is 0. The second kappa shape index (κ2) is 6.73. The van der Waals surface area contributed by atoms with Crippen molar-refractivity contribution in [1.29, 1.82) is 0 Å². The lowest BCUT2D eigenvalue weighted by atomic mass is 9.85. The molecule has 2 bridgehead atoms. The number of amides is 3. The number of piperidine rings is 1. The molecule has 3 amide bonds. The third-order valence-electron chi connectivity index (χ3n) is 6.68. The first kappa shape index (κ1) is 17.4. The van der Waals surface area contributed by atoms with E-state index in [0.717, 1.165) is 37.9 Å². The highest BCUT2D eigenvalue weighted by Crippen LogP contribution is 2.53. The summed E-state index contributed by atoms with van der Waals surface area (Å²) < 4.78 is 0. The highest BCUT2D eigenvalue weighted by atomic mass is 16.2. The van der Waals surface area contributed by atoms with Crippen LogP contribution in [-0.2, 0) is 14.4 Å².